The number of aromatic nitrogens is 3. The van der Waals surface area contributed by atoms with E-state index in [0.29, 0.717) is 18.2 Å². The Hall–Kier alpha value is -4.82. The lowest BCUT2D eigenvalue weighted by molar-refractivity contribution is 0.0697. The topological polar surface area (TPSA) is 100 Å². The van der Waals surface area contributed by atoms with Gasteiger partial charge in [-0.05, 0) is 64.7 Å². The number of nitrogens with one attached hydrogen (secondary N) is 2. The molecule has 2 aromatic heterocycles. The summed E-state index contributed by atoms with van der Waals surface area (Å²) in [7, 11) is 0. The molecule has 192 valence electrons. The van der Waals surface area contributed by atoms with Gasteiger partial charge in [-0.25, -0.2) is 14.8 Å². The van der Waals surface area contributed by atoms with Gasteiger partial charge in [-0.15, -0.1) is 0 Å². The summed E-state index contributed by atoms with van der Waals surface area (Å²) in [6.45, 7) is 2.15. The van der Waals surface area contributed by atoms with Gasteiger partial charge in [-0.3, -0.25) is 0 Å². The number of fused-ring (bicyclic) bond motifs is 2. The highest BCUT2D eigenvalue weighted by Crippen LogP contribution is 2.30. The molecule has 0 fully saturated rings. The van der Waals surface area contributed by atoms with Crippen molar-refractivity contribution < 1.29 is 9.90 Å². The first kappa shape index (κ1) is 24.5. The Labute approximate surface area is 229 Å². The van der Waals surface area contributed by atoms with Gasteiger partial charge < -0.3 is 15.7 Å². The molecule has 7 nitrogen and oxygen atoms in total. The fourth-order valence-corrected chi connectivity index (χ4v) is 5.39. The number of hydrogen-bond acceptors (Lipinski definition) is 7. The summed E-state index contributed by atoms with van der Waals surface area (Å²) in [5, 5.41) is 18.5. The molecule has 3 N–H and O–H groups in total. The molecule has 0 amide bonds. The molecular formula is C31H25N5O2S. The predicted octanol–water partition coefficient (Wildman–Crippen LogP) is 7.58. The molecule has 4 aromatic carbocycles. The maximum absolute atomic E-state index is 11.3. The van der Waals surface area contributed by atoms with Gasteiger partial charge in [0.25, 0.3) is 0 Å². The smallest absolute Gasteiger partial charge is 0.335 e. The van der Waals surface area contributed by atoms with Crippen LogP contribution in [0.1, 0.15) is 34.1 Å². The van der Waals surface area contributed by atoms with E-state index in [4.69, 9.17) is 15.0 Å². The SMILES string of the molecule is CCc1ccc2nc(Nc3cc(Cc4ccccc4)nc(Nc4ccc5cc(C(=O)O)ccc5c4)n3)sc2c1. The van der Waals surface area contributed by atoms with Gasteiger partial charge in [0, 0.05) is 18.2 Å². The number of rotatable bonds is 8. The van der Waals surface area contributed by atoms with Crippen LogP contribution < -0.4 is 10.6 Å². The molecule has 2 heterocycles. The minimum Gasteiger partial charge on any atom is -0.478 e. The van der Waals surface area contributed by atoms with Crippen molar-refractivity contribution >= 4 is 60.9 Å². The molecule has 0 aliphatic carbocycles. The summed E-state index contributed by atoms with van der Waals surface area (Å²) < 4.78 is 1.14. The van der Waals surface area contributed by atoms with Crippen LogP contribution in [0.5, 0.6) is 0 Å². The average molecular weight is 532 g/mol. The van der Waals surface area contributed by atoms with E-state index in [1.807, 2.05) is 42.5 Å². The molecule has 0 bridgehead atoms. The highest BCUT2D eigenvalue weighted by Gasteiger charge is 2.11. The molecular weight excluding hydrogens is 506 g/mol. The number of anilines is 4. The lowest BCUT2D eigenvalue weighted by Gasteiger charge is -2.11. The van der Waals surface area contributed by atoms with Crippen molar-refractivity contribution in [2.24, 2.45) is 0 Å². The van der Waals surface area contributed by atoms with Crippen LogP contribution in [0.2, 0.25) is 0 Å². The second-order valence-electron chi connectivity index (χ2n) is 9.24. The maximum atomic E-state index is 11.3. The molecule has 0 aliphatic rings. The van der Waals surface area contributed by atoms with E-state index in [1.54, 1.807) is 29.5 Å². The largest absolute Gasteiger partial charge is 0.478 e. The van der Waals surface area contributed by atoms with E-state index in [1.165, 1.54) is 5.56 Å². The maximum Gasteiger partial charge on any atom is 0.335 e. The Morgan fingerprint density at radius 2 is 1.64 bits per heavy atom. The van der Waals surface area contributed by atoms with Gasteiger partial charge in [0.1, 0.15) is 5.82 Å². The number of carbonyl (C=O) groups is 1. The van der Waals surface area contributed by atoms with Crippen molar-refractivity contribution in [3.63, 3.8) is 0 Å². The first-order valence-electron chi connectivity index (χ1n) is 12.6. The molecule has 6 rings (SSSR count). The molecule has 8 heteroatoms. The zero-order valence-corrected chi connectivity index (χ0v) is 22.0. The molecule has 39 heavy (non-hydrogen) atoms. The van der Waals surface area contributed by atoms with Crippen LogP contribution in [-0.2, 0) is 12.8 Å². The number of benzene rings is 4. The molecule has 0 radical (unpaired) electrons. The van der Waals surface area contributed by atoms with E-state index in [0.717, 1.165) is 49.5 Å². The van der Waals surface area contributed by atoms with Crippen molar-refractivity contribution in [3.05, 3.63) is 113 Å². The quantitative estimate of drug-likeness (QED) is 0.186. The van der Waals surface area contributed by atoms with Gasteiger partial charge in [0.2, 0.25) is 5.95 Å². The highest BCUT2D eigenvalue weighted by molar-refractivity contribution is 7.22. The lowest BCUT2D eigenvalue weighted by Crippen LogP contribution is -2.04. The Morgan fingerprint density at radius 1 is 0.821 bits per heavy atom. The summed E-state index contributed by atoms with van der Waals surface area (Å²) in [6, 6.07) is 29.3. The summed E-state index contributed by atoms with van der Waals surface area (Å²) in [4.78, 5) is 25.6. The van der Waals surface area contributed by atoms with Crippen LogP contribution in [0.25, 0.3) is 21.0 Å². The van der Waals surface area contributed by atoms with E-state index in [2.05, 4.69) is 47.9 Å². The van der Waals surface area contributed by atoms with Gasteiger partial charge in [-0.2, -0.15) is 4.98 Å². The van der Waals surface area contributed by atoms with Crippen LogP contribution >= 0.6 is 11.3 Å². The van der Waals surface area contributed by atoms with Gasteiger partial charge >= 0.3 is 5.97 Å². The third-order valence-corrected chi connectivity index (χ3v) is 7.38. The molecule has 0 atom stereocenters. The monoisotopic (exact) mass is 531 g/mol. The molecule has 0 saturated heterocycles. The van der Waals surface area contributed by atoms with E-state index in [-0.39, 0.29) is 5.56 Å². The van der Waals surface area contributed by atoms with Crippen LogP contribution in [-0.4, -0.2) is 26.0 Å². The number of nitrogens with zero attached hydrogens (tertiary/aromatic N) is 3. The normalized spacial score (nSPS) is 11.1. The van der Waals surface area contributed by atoms with Gasteiger partial charge in [0.05, 0.1) is 21.5 Å². The van der Waals surface area contributed by atoms with E-state index in [9.17, 15) is 9.90 Å². The zero-order valence-electron chi connectivity index (χ0n) is 21.2. The van der Waals surface area contributed by atoms with Crippen molar-refractivity contribution in [1.29, 1.82) is 0 Å². The Bertz CT molecular complexity index is 1820. The van der Waals surface area contributed by atoms with Crippen LogP contribution in [0.3, 0.4) is 0 Å². The van der Waals surface area contributed by atoms with Crippen molar-refractivity contribution in [3.8, 4) is 0 Å². The standard InChI is InChI=1S/C31H25N5O2S/c1-2-19-8-13-26-27(15-19)39-31(34-26)36-28-18-25(14-20-6-4-3-5-7-20)33-30(35-28)32-24-12-11-21-16-23(29(37)38)10-9-22(21)17-24/h3-13,15-18H,2,14H2,1H3,(H,37,38)(H2,32,33,34,35,36). The number of carboxylic acid groups (broad SMARTS) is 1. The van der Waals surface area contributed by atoms with Crippen LogP contribution in [0.4, 0.5) is 22.6 Å². The lowest BCUT2D eigenvalue weighted by atomic mass is 10.1. The number of thiazole rings is 1. The average Bonchev–Trinajstić information content (AvgIpc) is 3.34. The second-order valence-corrected chi connectivity index (χ2v) is 10.3. The predicted molar refractivity (Wildman–Crippen MR) is 158 cm³/mol. The van der Waals surface area contributed by atoms with E-state index < -0.39 is 5.97 Å². The van der Waals surface area contributed by atoms with Crippen molar-refractivity contribution in [2.45, 2.75) is 19.8 Å². The third-order valence-electron chi connectivity index (χ3n) is 6.45. The Kier molecular flexibility index (Phi) is 6.61. The van der Waals surface area contributed by atoms with E-state index >= 15 is 0 Å². The molecule has 6 aromatic rings. The molecule has 0 spiro atoms. The third kappa shape index (κ3) is 5.56. The minimum absolute atomic E-state index is 0.261. The summed E-state index contributed by atoms with van der Waals surface area (Å²) >= 11 is 1.60. The highest BCUT2D eigenvalue weighted by atomic mass is 32.1. The summed E-state index contributed by atoms with van der Waals surface area (Å²) in [6.07, 6.45) is 1.64. The van der Waals surface area contributed by atoms with Gasteiger partial charge in [0.15, 0.2) is 5.13 Å². The Morgan fingerprint density at radius 3 is 2.46 bits per heavy atom. The Balaban J connectivity index is 1.32. The summed E-state index contributed by atoms with van der Waals surface area (Å²) in [5.41, 5.74) is 5.32. The van der Waals surface area contributed by atoms with Crippen molar-refractivity contribution in [1.82, 2.24) is 15.0 Å². The van der Waals surface area contributed by atoms with Crippen LogP contribution in [0, 0.1) is 0 Å². The molecule has 0 aliphatic heterocycles. The second kappa shape index (κ2) is 10.5. The van der Waals surface area contributed by atoms with Gasteiger partial charge in [-0.1, -0.05) is 66.8 Å². The number of carboxylic acids is 1. The molecule has 0 unspecified atom stereocenters. The summed E-state index contributed by atoms with van der Waals surface area (Å²) in [5.74, 6) is 0.170. The first-order chi connectivity index (χ1) is 19.0. The number of aromatic carboxylic acids is 1. The number of hydrogen-bond donors (Lipinski definition) is 3. The minimum atomic E-state index is -0.943. The fourth-order valence-electron chi connectivity index (χ4n) is 4.45. The number of aryl methyl sites for hydroxylation is 1. The zero-order chi connectivity index (χ0) is 26.8. The van der Waals surface area contributed by atoms with Crippen LogP contribution in [0.15, 0.2) is 91.0 Å². The molecule has 0 saturated carbocycles. The first-order valence-corrected chi connectivity index (χ1v) is 13.5. The van der Waals surface area contributed by atoms with Crippen molar-refractivity contribution in [2.75, 3.05) is 10.6 Å². The fraction of sp³-hybridized carbons (Fsp3) is 0.0968.